The summed E-state index contributed by atoms with van der Waals surface area (Å²) in [4.78, 5) is 4.47. The molecule has 1 saturated heterocycles. The highest BCUT2D eigenvalue weighted by molar-refractivity contribution is 8.14. The molecule has 2 aliphatic rings. The van der Waals surface area contributed by atoms with Crippen molar-refractivity contribution in [3.05, 3.63) is 29.8 Å². The van der Waals surface area contributed by atoms with Crippen LogP contribution in [0.25, 0.3) is 0 Å². The quantitative estimate of drug-likeness (QED) is 0.515. The Morgan fingerprint density at radius 2 is 1.79 bits per heavy atom. The smallest absolute Gasteiger partial charge is 0.419 e. The Morgan fingerprint density at radius 1 is 1.15 bits per heavy atom. The van der Waals surface area contributed by atoms with Gasteiger partial charge >= 0.3 is 6.18 Å². The van der Waals surface area contributed by atoms with Gasteiger partial charge in [-0.2, -0.15) is 13.2 Å². The molecule has 33 heavy (non-hydrogen) atoms. The molecule has 8 atom stereocenters. The van der Waals surface area contributed by atoms with Gasteiger partial charge in [-0.05, 0) is 36.5 Å². The Morgan fingerprint density at radius 3 is 2.33 bits per heavy atom. The molecule has 0 aliphatic carbocycles. The zero-order chi connectivity index (χ0) is 24.6. The molecule has 1 aromatic carbocycles. The molecule has 3 rings (SSSR count). The fourth-order valence-corrected chi connectivity index (χ4v) is 5.57. The van der Waals surface area contributed by atoms with Crippen molar-refractivity contribution in [3.8, 4) is 5.75 Å². The van der Waals surface area contributed by atoms with Crippen LogP contribution in [-0.4, -0.2) is 69.0 Å². The predicted octanol–water partition coefficient (Wildman–Crippen LogP) is 3.56. The van der Waals surface area contributed by atoms with E-state index in [-0.39, 0.29) is 18.3 Å². The molecule has 0 bridgehead atoms. The Labute approximate surface area is 196 Å². The summed E-state index contributed by atoms with van der Waals surface area (Å²) in [5, 5.41) is 32.8. The highest BCUT2D eigenvalue weighted by atomic mass is 32.2. The maximum absolute atomic E-state index is 14.1. The highest BCUT2D eigenvalue weighted by Crippen LogP contribution is 2.47. The molecular formula is C23H32F3NO5S. The normalized spacial score (nSPS) is 31.3. The van der Waals surface area contributed by atoms with E-state index in [9.17, 15) is 28.5 Å². The second kappa shape index (κ2) is 10.1. The van der Waals surface area contributed by atoms with Crippen molar-refractivity contribution >= 4 is 16.8 Å². The average Bonchev–Trinajstić information content (AvgIpc) is 3.22. The number of nitrogens with zero attached hydrogens (tertiary/aromatic N) is 1. The third kappa shape index (κ3) is 5.19. The van der Waals surface area contributed by atoms with Crippen molar-refractivity contribution in [1.82, 2.24) is 0 Å². The Hall–Kier alpha value is -1.33. The molecular weight excluding hydrogens is 459 g/mol. The van der Waals surface area contributed by atoms with Gasteiger partial charge in [-0.3, -0.25) is 4.99 Å². The van der Waals surface area contributed by atoms with Gasteiger partial charge in [0, 0.05) is 5.92 Å². The number of ether oxygens (including phenoxy) is 2. The molecule has 1 aromatic rings. The van der Waals surface area contributed by atoms with Crippen molar-refractivity contribution in [2.75, 3.05) is 7.11 Å². The van der Waals surface area contributed by atoms with Crippen LogP contribution in [0.5, 0.6) is 5.75 Å². The number of aryl methyl sites for hydroxylation is 1. The fraction of sp³-hybridized carbons (Fsp3) is 0.696. The molecule has 3 N–H and O–H groups in total. The highest BCUT2D eigenvalue weighted by Gasteiger charge is 2.65. The number of rotatable bonds is 8. The molecule has 6 nitrogen and oxygen atoms in total. The van der Waals surface area contributed by atoms with Crippen LogP contribution < -0.4 is 4.74 Å². The van der Waals surface area contributed by atoms with E-state index in [0.717, 1.165) is 6.42 Å². The minimum Gasteiger partial charge on any atom is -0.497 e. The number of hydrogen-bond acceptors (Lipinski definition) is 7. The zero-order valence-corrected chi connectivity index (χ0v) is 19.9. The van der Waals surface area contributed by atoms with Gasteiger partial charge < -0.3 is 24.8 Å². The summed E-state index contributed by atoms with van der Waals surface area (Å²) in [5.41, 5.74) is -3.71. The number of fused-ring (bicyclic) bond motifs is 1. The van der Waals surface area contributed by atoms with Gasteiger partial charge in [0.15, 0.2) is 5.60 Å². The van der Waals surface area contributed by atoms with E-state index in [2.05, 4.69) is 4.99 Å². The molecule has 1 fully saturated rings. The zero-order valence-electron chi connectivity index (χ0n) is 19.1. The van der Waals surface area contributed by atoms with Crippen LogP contribution in [0.3, 0.4) is 0 Å². The summed E-state index contributed by atoms with van der Waals surface area (Å²) in [6.45, 7) is 6.05. The minimum atomic E-state index is -5.09. The SMILES string of the molecule is CCC(C)C(C)C1=NC2C(OC(C(O)(CCc3ccc(OC)cc3)C(F)(F)F)C(O)C2O)S1. The topological polar surface area (TPSA) is 91.5 Å². The molecule has 2 heterocycles. The second-order valence-electron chi connectivity index (χ2n) is 8.93. The molecule has 10 heteroatoms. The van der Waals surface area contributed by atoms with E-state index in [4.69, 9.17) is 9.47 Å². The number of benzene rings is 1. The Bertz CT molecular complexity index is 836. The molecule has 186 valence electrons. The van der Waals surface area contributed by atoms with Crippen molar-refractivity contribution in [1.29, 1.82) is 0 Å². The first-order chi connectivity index (χ1) is 15.4. The lowest BCUT2D eigenvalue weighted by Crippen LogP contribution is -2.67. The first kappa shape index (κ1) is 26.3. The van der Waals surface area contributed by atoms with E-state index in [1.54, 1.807) is 24.3 Å². The minimum absolute atomic E-state index is 0.0357. The van der Waals surface area contributed by atoms with Crippen LogP contribution in [0.15, 0.2) is 29.3 Å². The number of alkyl halides is 3. The van der Waals surface area contributed by atoms with E-state index in [0.29, 0.717) is 16.4 Å². The largest absolute Gasteiger partial charge is 0.497 e. The average molecular weight is 492 g/mol. The lowest BCUT2D eigenvalue weighted by Gasteiger charge is -2.46. The molecule has 0 aromatic heterocycles. The third-order valence-corrected chi connectivity index (χ3v) is 8.23. The number of halogens is 3. The Kier molecular flexibility index (Phi) is 8.05. The number of hydrogen-bond donors (Lipinski definition) is 3. The molecule has 0 saturated carbocycles. The molecule has 0 spiro atoms. The van der Waals surface area contributed by atoms with Gasteiger partial charge in [-0.1, -0.05) is 51.1 Å². The van der Waals surface area contributed by atoms with Crippen LogP contribution in [-0.2, 0) is 11.2 Å². The second-order valence-corrected chi connectivity index (χ2v) is 10.0. The fourth-order valence-electron chi connectivity index (χ4n) is 4.17. The maximum Gasteiger partial charge on any atom is 0.419 e. The van der Waals surface area contributed by atoms with Crippen LogP contribution in [0, 0.1) is 11.8 Å². The lowest BCUT2D eigenvalue weighted by molar-refractivity contribution is -0.326. The molecule has 0 radical (unpaired) electrons. The van der Waals surface area contributed by atoms with Gasteiger partial charge in [0.25, 0.3) is 0 Å². The standard InChI is InChI=1S/C23H32F3NO5S/c1-5-12(2)13(3)20-27-16-17(28)18(29)19(32-21(16)33-20)22(30,23(24,25)26)11-10-14-6-8-15(31-4)9-7-14/h6-9,12-13,16-19,21,28-30H,5,10-11H2,1-4H3. The number of methoxy groups -OCH3 is 1. The van der Waals surface area contributed by atoms with E-state index >= 15 is 0 Å². The Balaban J connectivity index is 1.81. The van der Waals surface area contributed by atoms with Gasteiger partial charge in [0.2, 0.25) is 0 Å². The third-order valence-electron chi connectivity index (χ3n) is 6.89. The number of aliphatic hydroxyl groups excluding tert-OH is 2. The molecule has 8 unspecified atom stereocenters. The lowest BCUT2D eigenvalue weighted by atomic mass is 9.81. The number of aliphatic hydroxyl groups is 3. The molecule has 0 amide bonds. The first-order valence-corrected chi connectivity index (χ1v) is 12.0. The van der Waals surface area contributed by atoms with Gasteiger partial charge in [0.1, 0.15) is 35.5 Å². The van der Waals surface area contributed by atoms with Crippen molar-refractivity contribution in [3.63, 3.8) is 0 Å². The van der Waals surface area contributed by atoms with Gasteiger partial charge in [-0.25, -0.2) is 0 Å². The van der Waals surface area contributed by atoms with Crippen LogP contribution in [0.1, 0.15) is 39.2 Å². The van der Waals surface area contributed by atoms with Crippen LogP contribution in [0.4, 0.5) is 13.2 Å². The van der Waals surface area contributed by atoms with Gasteiger partial charge in [-0.15, -0.1) is 0 Å². The van der Waals surface area contributed by atoms with Crippen molar-refractivity contribution < 1.29 is 38.0 Å². The summed E-state index contributed by atoms with van der Waals surface area (Å²) in [7, 11) is 1.48. The van der Waals surface area contributed by atoms with E-state index in [1.165, 1.54) is 18.9 Å². The van der Waals surface area contributed by atoms with E-state index in [1.807, 2.05) is 20.8 Å². The van der Waals surface area contributed by atoms with Crippen molar-refractivity contribution in [2.24, 2.45) is 16.8 Å². The summed E-state index contributed by atoms with van der Waals surface area (Å²) in [6, 6.07) is 5.58. The monoisotopic (exact) mass is 491 g/mol. The summed E-state index contributed by atoms with van der Waals surface area (Å²) in [6.07, 6.45) is -10.6. The van der Waals surface area contributed by atoms with Crippen LogP contribution in [0.2, 0.25) is 0 Å². The summed E-state index contributed by atoms with van der Waals surface area (Å²) < 4.78 is 53.1. The van der Waals surface area contributed by atoms with Crippen molar-refractivity contribution in [2.45, 2.75) is 81.6 Å². The van der Waals surface area contributed by atoms with Gasteiger partial charge in [0.05, 0.1) is 12.2 Å². The van der Waals surface area contributed by atoms with E-state index < -0.39 is 48.0 Å². The summed E-state index contributed by atoms with van der Waals surface area (Å²) >= 11 is 1.17. The predicted molar refractivity (Wildman–Crippen MR) is 120 cm³/mol. The number of aliphatic imine (C=N–C) groups is 1. The maximum atomic E-state index is 14.1. The summed E-state index contributed by atoms with van der Waals surface area (Å²) in [5.74, 6) is 0.880. The van der Waals surface area contributed by atoms with Crippen LogP contribution >= 0.6 is 11.8 Å². The molecule has 2 aliphatic heterocycles. The number of thioether (sulfide) groups is 1. The first-order valence-electron chi connectivity index (χ1n) is 11.1.